The molecule has 1 aromatic heterocycles. The molecule has 0 bridgehead atoms. The van der Waals surface area contributed by atoms with Crippen molar-refractivity contribution in [1.82, 2.24) is 4.98 Å². The first-order chi connectivity index (χ1) is 7.31. The zero-order valence-corrected chi connectivity index (χ0v) is 9.15. The summed E-state index contributed by atoms with van der Waals surface area (Å²) in [4.78, 5) is 16.8. The highest BCUT2D eigenvalue weighted by atomic mass is 35.5. The molecular formula is C11H13ClN2O. The zero-order valence-electron chi connectivity index (χ0n) is 8.40. The molecule has 1 aromatic rings. The van der Waals surface area contributed by atoms with Crippen LogP contribution in [0.1, 0.15) is 12.8 Å². The van der Waals surface area contributed by atoms with E-state index < -0.39 is 0 Å². The average molecular weight is 225 g/mol. The van der Waals surface area contributed by atoms with E-state index in [1.54, 1.807) is 12.4 Å². The van der Waals surface area contributed by atoms with Gasteiger partial charge in [0.05, 0.1) is 10.7 Å². The Labute approximate surface area is 94.1 Å². The Kier molecular flexibility index (Phi) is 3.21. The summed E-state index contributed by atoms with van der Waals surface area (Å²) in [5.74, 6) is 0.224. The first kappa shape index (κ1) is 10.4. The third kappa shape index (κ3) is 2.29. The smallest absolute Gasteiger partial charge is 0.123 e. The molecule has 1 aliphatic rings. The number of nitrogens with zero attached hydrogens (tertiary/aromatic N) is 2. The lowest BCUT2D eigenvalue weighted by molar-refractivity contribution is -0.111. The molecule has 2 rings (SSSR count). The molecule has 80 valence electrons. The highest BCUT2D eigenvalue weighted by Gasteiger charge is 2.19. The predicted octanol–water partition coefficient (Wildman–Crippen LogP) is 2.15. The van der Waals surface area contributed by atoms with Gasteiger partial charge in [0.1, 0.15) is 6.29 Å². The van der Waals surface area contributed by atoms with Gasteiger partial charge in [-0.1, -0.05) is 11.6 Å². The van der Waals surface area contributed by atoms with Gasteiger partial charge in [0.25, 0.3) is 0 Å². The van der Waals surface area contributed by atoms with Crippen LogP contribution in [0, 0.1) is 5.92 Å². The molecular weight excluding hydrogens is 212 g/mol. The highest BCUT2D eigenvalue weighted by molar-refractivity contribution is 6.33. The van der Waals surface area contributed by atoms with Crippen molar-refractivity contribution < 1.29 is 4.79 Å². The Bertz CT molecular complexity index is 348. The van der Waals surface area contributed by atoms with Crippen molar-refractivity contribution in [2.75, 3.05) is 18.0 Å². The Morgan fingerprint density at radius 2 is 2.20 bits per heavy atom. The van der Waals surface area contributed by atoms with Crippen molar-refractivity contribution >= 4 is 23.6 Å². The first-order valence-electron chi connectivity index (χ1n) is 5.11. The number of halogens is 1. The molecule has 0 saturated carbocycles. The first-order valence-corrected chi connectivity index (χ1v) is 5.49. The summed E-state index contributed by atoms with van der Waals surface area (Å²) >= 11 is 6.05. The number of carbonyl (C=O) groups is 1. The third-order valence-corrected chi connectivity index (χ3v) is 3.12. The molecule has 0 atom stereocenters. The number of carbonyl (C=O) groups excluding carboxylic acids is 1. The summed E-state index contributed by atoms with van der Waals surface area (Å²) in [5.41, 5.74) is 1.02. The topological polar surface area (TPSA) is 33.2 Å². The number of aromatic nitrogens is 1. The van der Waals surface area contributed by atoms with Crippen molar-refractivity contribution in [2.45, 2.75) is 12.8 Å². The van der Waals surface area contributed by atoms with Crippen molar-refractivity contribution in [3.05, 3.63) is 23.5 Å². The monoisotopic (exact) mass is 224 g/mol. The summed E-state index contributed by atoms with van der Waals surface area (Å²) in [6.07, 6.45) is 6.30. The quantitative estimate of drug-likeness (QED) is 0.722. The lowest BCUT2D eigenvalue weighted by Crippen LogP contribution is -2.34. The second-order valence-corrected chi connectivity index (χ2v) is 4.19. The molecule has 0 N–H and O–H groups in total. The van der Waals surface area contributed by atoms with Gasteiger partial charge in [0, 0.05) is 31.4 Å². The molecule has 0 spiro atoms. The van der Waals surface area contributed by atoms with Gasteiger partial charge >= 0.3 is 0 Å². The second kappa shape index (κ2) is 4.62. The number of aldehydes is 1. The van der Waals surface area contributed by atoms with Gasteiger partial charge in [-0.15, -0.1) is 0 Å². The van der Waals surface area contributed by atoms with Gasteiger partial charge in [-0.3, -0.25) is 4.98 Å². The van der Waals surface area contributed by atoms with Crippen molar-refractivity contribution in [1.29, 1.82) is 0 Å². The largest absolute Gasteiger partial charge is 0.370 e. The molecule has 0 aromatic carbocycles. The van der Waals surface area contributed by atoms with Crippen LogP contribution >= 0.6 is 11.6 Å². The average Bonchev–Trinajstić information content (AvgIpc) is 2.30. The molecule has 4 heteroatoms. The van der Waals surface area contributed by atoms with E-state index in [9.17, 15) is 4.79 Å². The second-order valence-electron chi connectivity index (χ2n) is 3.79. The van der Waals surface area contributed by atoms with E-state index in [-0.39, 0.29) is 5.92 Å². The number of hydrogen-bond donors (Lipinski definition) is 0. The fraction of sp³-hybridized carbons (Fsp3) is 0.455. The van der Waals surface area contributed by atoms with Crippen LogP contribution in [-0.2, 0) is 4.79 Å². The Balaban J connectivity index is 2.07. The van der Waals surface area contributed by atoms with E-state index >= 15 is 0 Å². The maximum Gasteiger partial charge on any atom is 0.123 e. The number of pyridine rings is 1. The fourth-order valence-corrected chi connectivity index (χ4v) is 2.14. The molecule has 1 saturated heterocycles. The van der Waals surface area contributed by atoms with Crippen molar-refractivity contribution in [3.8, 4) is 0 Å². The summed E-state index contributed by atoms with van der Waals surface area (Å²) < 4.78 is 0. The van der Waals surface area contributed by atoms with Crippen LogP contribution in [0.5, 0.6) is 0 Å². The minimum atomic E-state index is 0.224. The van der Waals surface area contributed by atoms with Crippen LogP contribution < -0.4 is 4.90 Å². The van der Waals surface area contributed by atoms with Gasteiger partial charge in [0.15, 0.2) is 0 Å². The van der Waals surface area contributed by atoms with Crippen LogP contribution in [-0.4, -0.2) is 24.4 Å². The summed E-state index contributed by atoms with van der Waals surface area (Å²) in [7, 11) is 0. The van der Waals surface area contributed by atoms with Gasteiger partial charge in [-0.05, 0) is 18.9 Å². The minimum absolute atomic E-state index is 0.224. The molecule has 0 amide bonds. The standard InChI is InChI=1S/C11H13ClN2O/c12-10-7-13-4-1-11(10)14-5-2-9(8-15)3-6-14/h1,4,7-9H,2-3,5-6H2. The van der Waals surface area contributed by atoms with E-state index in [0.29, 0.717) is 5.02 Å². The van der Waals surface area contributed by atoms with Crippen LogP contribution in [0.2, 0.25) is 5.02 Å². The van der Waals surface area contributed by atoms with Crippen LogP contribution in [0.15, 0.2) is 18.5 Å². The van der Waals surface area contributed by atoms with Crippen LogP contribution in [0.4, 0.5) is 5.69 Å². The molecule has 0 radical (unpaired) electrons. The minimum Gasteiger partial charge on any atom is -0.370 e. The van der Waals surface area contributed by atoms with Crippen molar-refractivity contribution in [2.24, 2.45) is 5.92 Å². The Hall–Kier alpha value is -1.09. The summed E-state index contributed by atoms with van der Waals surface area (Å²) in [6, 6.07) is 1.92. The lowest BCUT2D eigenvalue weighted by Gasteiger charge is -2.31. The number of anilines is 1. The molecule has 3 nitrogen and oxygen atoms in total. The maximum absolute atomic E-state index is 10.6. The third-order valence-electron chi connectivity index (χ3n) is 2.82. The summed E-state index contributed by atoms with van der Waals surface area (Å²) in [6.45, 7) is 1.79. The summed E-state index contributed by atoms with van der Waals surface area (Å²) in [5, 5.41) is 0.682. The van der Waals surface area contributed by atoms with E-state index in [2.05, 4.69) is 9.88 Å². The number of piperidine rings is 1. The van der Waals surface area contributed by atoms with Gasteiger partial charge in [-0.2, -0.15) is 0 Å². The Morgan fingerprint density at radius 3 is 2.80 bits per heavy atom. The molecule has 0 aliphatic carbocycles. The number of rotatable bonds is 2. The van der Waals surface area contributed by atoms with Crippen LogP contribution in [0.3, 0.4) is 0 Å². The van der Waals surface area contributed by atoms with Gasteiger partial charge in [0.2, 0.25) is 0 Å². The van der Waals surface area contributed by atoms with Gasteiger partial charge < -0.3 is 9.69 Å². The zero-order chi connectivity index (χ0) is 10.7. The molecule has 1 aliphatic heterocycles. The van der Waals surface area contributed by atoms with Crippen molar-refractivity contribution in [3.63, 3.8) is 0 Å². The molecule has 15 heavy (non-hydrogen) atoms. The molecule has 0 unspecified atom stereocenters. The van der Waals surface area contributed by atoms with Crippen LogP contribution in [0.25, 0.3) is 0 Å². The fourth-order valence-electron chi connectivity index (χ4n) is 1.90. The predicted molar refractivity (Wildman–Crippen MR) is 60.2 cm³/mol. The maximum atomic E-state index is 10.6. The van der Waals surface area contributed by atoms with E-state index in [4.69, 9.17) is 11.6 Å². The molecule has 1 fully saturated rings. The van der Waals surface area contributed by atoms with E-state index in [1.165, 1.54) is 0 Å². The lowest BCUT2D eigenvalue weighted by atomic mass is 9.98. The Morgan fingerprint density at radius 1 is 1.47 bits per heavy atom. The van der Waals surface area contributed by atoms with Gasteiger partial charge in [-0.25, -0.2) is 0 Å². The van der Waals surface area contributed by atoms with E-state index in [0.717, 1.165) is 37.9 Å². The molecule has 2 heterocycles. The highest BCUT2D eigenvalue weighted by Crippen LogP contribution is 2.27. The SMILES string of the molecule is O=CC1CCN(c2ccncc2Cl)CC1. The van der Waals surface area contributed by atoms with E-state index in [1.807, 2.05) is 6.07 Å². The normalized spacial score (nSPS) is 17.8. The number of hydrogen-bond acceptors (Lipinski definition) is 3.